The predicted octanol–water partition coefficient (Wildman–Crippen LogP) is 20.5. The zero-order valence-electron chi connectivity index (χ0n) is 54.1. The van der Waals surface area contributed by atoms with Crippen LogP contribution in [0.2, 0.25) is 39.7 Å². The smallest absolute Gasteiger partial charge is 0.133 e. The Hall–Kier alpha value is -3.07. The molecule has 7 nitrogen and oxygen atoms in total. The molecule has 90 heavy (non-hydrogen) atoms. The normalized spacial score (nSPS) is 19.1. The van der Waals surface area contributed by atoms with Crippen molar-refractivity contribution in [3.8, 4) is 60.7 Å². The molecule has 4 N–H and O–H groups in total. The van der Waals surface area contributed by atoms with Crippen molar-refractivity contribution in [3.63, 3.8) is 0 Å². The maximum absolute atomic E-state index is 11.3. The molecule has 8 rings (SSSR count). The molecule has 4 aromatic carbocycles. The van der Waals surface area contributed by atoms with Crippen LogP contribution in [0.5, 0.6) is 0 Å². The van der Waals surface area contributed by atoms with Crippen molar-refractivity contribution in [1.29, 1.82) is 0 Å². The molecular weight excluding hydrogens is 1310 g/mol. The average molecular weight is 1410 g/mol. The van der Waals surface area contributed by atoms with Crippen LogP contribution in [0, 0.1) is 72.5 Å². The van der Waals surface area contributed by atoms with Crippen molar-refractivity contribution in [2.24, 2.45) is 17.6 Å². The molecule has 0 heterocycles. The first-order chi connectivity index (χ1) is 43.2. The number of hydrogen-bond acceptors (Lipinski definition) is 7. The third kappa shape index (κ3) is 45.3. The second-order valence-corrected chi connectivity index (χ2v) is 44.3. The van der Waals surface area contributed by atoms with Crippen LogP contribution in [0.3, 0.4) is 0 Å². The van der Waals surface area contributed by atoms with Gasteiger partial charge in [0, 0.05) is 65.3 Å². The number of carbonyl (C=O) groups is 2. The lowest BCUT2D eigenvalue weighted by atomic mass is 9.76. The number of halogens is 4. The van der Waals surface area contributed by atoms with Crippen molar-refractivity contribution in [2.75, 3.05) is 40.2 Å². The van der Waals surface area contributed by atoms with E-state index in [0.29, 0.717) is 43.1 Å². The number of aliphatic hydroxyl groups is 2. The van der Waals surface area contributed by atoms with E-state index in [2.05, 4.69) is 124 Å². The second kappa shape index (κ2) is 56.3. The number of nitrogens with two attached hydrogens (primary N) is 1. The lowest BCUT2D eigenvalue weighted by Crippen LogP contribution is -2.26. The Kier molecular flexibility index (Phi) is 54.4. The molecule has 0 spiro atoms. The number of rotatable bonds is 14. The van der Waals surface area contributed by atoms with Gasteiger partial charge in [-0.3, -0.25) is 4.79 Å². The molecule has 0 amide bonds. The van der Waals surface area contributed by atoms with E-state index in [1.54, 1.807) is 21.1 Å². The summed E-state index contributed by atoms with van der Waals surface area (Å²) < 4.78 is 10.1. The molecule has 0 saturated heterocycles. The van der Waals surface area contributed by atoms with E-state index in [9.17, 15) is 9.59 Å². The number of carbonyl (C=O) groups excluding carboxylic acids is 2. The summed E-state index contributed by atoms with van der Waals surface area (Å²) in [6.07, 6.45) is 39.8. The second-order valence-electron chi connectivity index (χ2n) is 23.2. The zero-order chi connectivity index (χ0) is 67.4. The Morgan fingerprint density at radius 1 is 0.633 bits per heavy atom. The fourth-order valence-corrected chi connectivity index (χ4v) is 11.9. The van der Waals surface area contributed by atoms with Gasteiger partial charge in [-0.05, 0) is 232 Å². The number of allylic oxidation sites excluding steroid dienone is 1. The number of aliphatic hydroxyl groups excluding tert-OH is 2. The third-order valence-electron chi connectivity index (χ3n) is 14.7. The SMILES string of the molecule is C#CC#CC.C#CC#CC#C.COC=C1CCCC(c2ccc(Cl)cc2)C1.COC[Si](C)(C)C.NCCO.O=C1CCCC(c2ccc(Cl)cc2)C1.O=CC1CCCC(c2ccc(Cl)cc2)C1.OCCCCC1CCCC(c2ccc(Cl)cc2)C1.PPP(P)P. The number of Topliss-reactive ketones (excluding diaryl/α,β-unsaturated/α-hetero) is 1. The minimum atomic E-state index is -0.879. The van der Waals surface area contributed by atoms with E-state index >= 15 is 0 Å². The molecular formula is C73H102Cl4NO6P5Si. The summed E-state index contributed by atoms with van der Waals surface area (Å²) in [4.78, 5) is 22.1. The first-order valence-corrected chi connectivity index (χ1v) is 44.3. The van der Waals surface area contributed by atoms with Gasteiger partial charge in [0.15, 0.2) is 0 Å². The lowest BCUT2D eigenvalue weighted by molar-refractivity contribution is -0.120. The van der Waals surface area contributed by atoms with Gasteiger partial charge in [0.2, 0.25) is 0 Å². The molecule has 0 aromatic heterocycles. The maximum Gasteiger partial charge on any atom is 0.133 e. The summed E-state index contributed by atoms with van der Waals surface area (Å²) in [6.45, 7) is 9.61. The molecule has 10 atom stereocenters. The van der Waals surface area contributed by atoms with E-state index in [4.69, 9.17) is 91.1 Å². The number of hydrogen-bond donors (Lipinski definition) is 3. The summed E-state index contributed by atoms with van der Waals surface area (Å²) in [7, 11) is 11.8. The molecule has 4 fully saturated rings. The molecule has 492 valence electrons. The molecule has 0 aliphatic heterocycles. The zero-order valence-corrected chi connectivity index (χ0v) is 63.5. The lowest BCUT2D eigenvalue weighted by Gasteiger charge is -2.29. The number of unbranched alkanes of at least 4 members (excludes halogenated alkanes) is 1. The summed E-state index contributed by atoms with van der Waals surface area (Å²) in [5.41, 5.74) is 11.6. The minimum absolute atomic E-state index is 0.0972. The van der Waals surface area contributed by atoms with Crippen LogP contribution in [0.1, 0.15) is 175 Å². The highest BCUT2D eigenvalue weighted by Crippen LogP contribution is 2.71. The van der Waals surface area contributed by atoms with Crippen LogP contribution in [0.15, 0.2) is 109 Å². The van der Waals surface area contributed by atoms with E-state index in [-0.39, 0.29) is 19.5 Å². The number of methoxy groups -OCH3 is 2. The summed E-state index contributed by atoms with van der Waals surface area (Å²) >= 11 is 23.5. The van der Waals surface area contributed by atoms with Gasteiger partial charge in [0.05, 0.1) is 28.1 Å². The van der Waals surface area contributed by atoms with E-state index in [1.165, 1.54) is 92.0 Å². The molecule has 4 aliphatic carbocycles. The first kappa shape index (κ1) is 86.9. The largest absolute Gasteiger partial charge is 0.504 e. The molecule has 0 radical (unpaired) electrons. The standard InChI is InChI=1S/C16H23ClO.C14H17ClO.C13H15ClO.C12H13ClO.C6H2.C5H14OSi.C5H4.C2H7NO.H7P5/c17-16-9-7-14(8-10-16)15-6-3-5-13(12-15)4-1-2-11-18;1-16-10-11-3-2-4-13(9-11)12-5-7-14(15)8-6-12;14-13-6-4-11(5-7-13)12-3-1-2-10(8-12)9-15;13-11-6-4-9(5-7-11)10-2-1-3-12(14)8-10;1-3-5-6-4-2;1-6-5-7(2,3)4;1-3-5-4-2;3-1-2-4;1-4-5(2)3/h7-10,13,15,18H,1-6,11-12H2;5-8,10,13H,2-4,9H2,1H3;4-7,9-10,12H,1-3,8H2;4-7,10H,1-3,8H2;1-2H;5H2,1-4H3;1H,2H3;4H,1-3H2;4H,1-3H2. The Bertz CT molecular complexity index is 2790. The third-order valence-corrected chi connectivity index (χ3v) is 28.7. The van der Waals surface area contributed by atoms with Gasteiger partial charge in [-0.25, -0.2) is 0 Å². The first-order valence-electron chi connectivity index (χ1n) is 30.9. The summed E-state index contributed by atoms with van der Waals surface area (Å²) in [5, 5.41) is 19.8. The quantitative estimate of drug-likeness (QED) is 0.0287. The monoisotopic (exact) mass is 1410 g/mol. The van der Waals surface area contributed by atoms with Crippen LogP contribution < -0.4 is 5.73 Å². The van der Waals surface area contributed by atoms with Gasteiger partial charge >= 0.3 is 0 Å². The van der Waals surface area contributed by atoms with E-state index in [0.717, 1.165) is 104 Å². The molecule has 4 saturated carbocycles. The van der Waals surface area contributed by atoms with Gasteiger partial charge in [-0.2, -0.15) is 0 Å². The van der Waals surface area contributed by atoms with Gasteiger partial charge in [0.1, 0.15) is 12.1 Å². The van der Waals surface area contributed by atoms with Crippen molar-refractivity contribution in [2.45, 2.75) is 172 Å². The van der Waals surface area contributed by atoms with E-state index < -0.39 is 8.07 Å². The fourth-order valence-electron chi connectivity index (χ4n) is 10.5. The number of aldehydes is 1. The van der Waals surface area contributed by atoms with Gasteiger partial charge < -0.3 is 30.2 Å². The fraction of sp³-hybridized carbons (Fsp3) is 0.479. The number of ether oxygens (including phenoxy) is 2. The highest BCUT2D eigenvalue weighted by molar-refractivity contribution is 8.77. The van der Waals surface area contributed by atoms with Gasteiger partial charge in [-0.1, -0.05) is 161 Å². The molecule has 0 bridgehead atoms. The predicted molar refractivity (Wildman–Crippen MR) is 408 cm³/mol. The van der Waals surface area contributed by atoms with E-state index in [1.807, 2.05) is 66.9 Å². The summed E-state index contributed by atoms with van der Waals surface area (Å²) in [6, 6.07) is 32.5. The van der Waals surface area contributed by atoms with Crippen LogP contribution >= 0.6 is 88.1 Å². The highest BCUT2D eigenvalue weighted by atomic mass is 35.5. The highest BCUT2D eigenvalue weighted by Gasteiger charge is 2.25. The molecule has 4 aromatic rings. The Labute approximate surface area is 575 Å². The number of ketones is 1. The Balaban J connectivity index is 0.00000104. The Morgan fingerprint density at radius 2 is 1.04 bits per heavy atom. The maximum atomic E-state index is 11.3. The molecule has 17 heteroatoms. The van der Waals surface area contributed by atoms with Crippen LogP contribution in [0.25, 0.3) is 0 Å². The van der Waals surface area contributed by atoms with Crippen molar-refractivity contribution in [1.82, 2.24) is 0 Å². The molecule has 10 unspecified atom stereocenters. The van der Waals surface area contributed by atoms with Crippen molar-refractivity contribution in [3.05, 3.63) is 151 Å². The number of terminal acetylenes is 3. The van der Waals surface area contributed by atoms with Crippen LogP contribution in [-0.2, 0) is 19.1 Å². The van der Waals surface area contributed by atoms with Crippen molar-refractivity contribution < 1.29 is 29.3 Å². The van der Waals surface area contributed by atoms with Gasteiger partial charge in [-0.15, -0.1) is 46.1 Å². The minimum Gasteiger partial charge on any atom is -0.504 e. The topological polar surface area (TPSA) is 119 Å². The van der Waals surface area contributed by atoms with Crippen LogP contribution in [0.4, 0.5) is 0 Å². The molecule has 4 aliphatic rings. The average Bonchev–Trinajstić information content (AvgIpc) is 2.43. The number of benzene rings is 4. The van der Waals surface area contributed by atoms with Crippen molar-refractivity contribution >= 4 is 108 Å². The Morgan fingerprint density at radius 3 is 1.39 bits per heavy atom. The summed E-state index contributed by atoms with van der Waals surface area (Å²) in [5.74, 6) is 19.5. The van der Waals surface area contributed by atoms with Gasteiger partial charge in [0.25, 0.3) is 0 Å². The van der Waals surface area contributed by atoms with Crippen LogP contribution in [-0.4, -0.2) is 70.6 Å².